The molecule has 0 spiro atoms. The van der Waals surface area contributed by atoms with Crippen molar-refractivity contribution >= 4 is 0 Å². The quantitative estimate of drug-likeness (QED) is 0.636. The Balaban J connectivity index is 2.29. The first-order chi connectivity index (χ1) is 11.2. The summed E-state index contributed by atoms with van der Waals surface area (Å²) in [6.45, 7) is -0.273. The molecule has 2 aromatic rings. The standard InChI is InChI=1S/C17H14F6O/c1-10(11-2-4-13(19)5-3-11)12-6-14(20)8-15(7-12)24-17(22,23)16(21)9-18/h2-8,10,16H,9H2,1H3/t10-,16?/m1/s1. The lowest BCUT2D eigenvalue weighted by Crippen LogP contribution is -2.37. The SMILES string of the molecule is C[C@H](c1ccc(F)cc1)c1cc(F)cc(OC(F)(F)C(F)CF)c1. The first kappa shape index (κ1) is 18.2. The molecular formula is C17H14F6O. The maximum atomic E-state index is 13.7. The van der Waals surface area contributed by atoms with E-state index in [0.717, 1.165) is 12.1 Å². The molecule has 7 heteroatoms. The molecule has 0 bridgehead atoms. The molecule has 0 saturated heterocycles. The summed E-state index contributed by atoms with van der Waals surface area (Å²) in [6, 6.07) is 8.23. The average Bonchev–Trinajstić information content (AvgIpc) is 2.53. The largest absolute Gasteiger partial charge is 0.432 e. The van der Waals surface area contributed by atoms with Gasteiger partial charge in [0.1, 0.15) is 24.1 Å². The van der Waals surface area contributed by atoms with Gasteiger partial charge in [-0.1, -0.05) is 19.1 Å². The summed E-state index contributed by atoms with van der Waals surface area (Å²) in [5.74, 6) is -2.41. The molecule has 0 N–H and O–H groups in total. The predicted molar refractivity (Wildman–Crippen MR) is 76.8 cm³/mol. The lowest BCUT2D eigenvalue weighted by Gasteiger charge is -2.21. The molecule has 1 nitrogen and oxygen atoms in total. The van der Waals surface area contributed by atoms with Crippen molar-refractivity contribution in [2.24, 2.45) is 0 Å². The molecule has 130 valence electrons. The van der Waals surface area contributed by atoms with Crippen LogP contribution in [0.2, 0.25) is 0 Å². The minimum absolute atomic E-state index is 0.267. The van der Waals surface area contributed by atoms with Gasteiger partial charge in [-0.05, 0) is 35.4 Å². The van der Waals surface area contributed by atoms with Crippen molar-refractivity contribution in [2.75, 3.05) is 6.67 Å². The van der Waals surface area contributed by atoms with Crippen molar-refractivity contribution < 1.29 is 31.1 Å². The highest BCUT2D eigenvalue weighted by Gasteiger charge is 2.43. The Kier molecular flexibility index (Phi) is 5.41. The number of hydrogen-bond acceptors (Lipinski definition) is 1. The maximum absolute atomic E-state index is 13.7. The van der Waals surface area contributed by atoms with Gasteiger partial charge >= 0.3 is 6.11 Å². The summed E-state index contributed by atoms with van der Waals surface area (Å²) >= 11 is 0. The van der Waals surface area contributed by atoms with Gasteiger partial charge in [0.05, 0.1) is 0 Å². The van der Waals surface area contributed by atoms with E-state index in [1.165, 1.54) is 24.3 Å². The minimum Gasteiger partial charge on any atom is -0.430 e. The monoisotopic (exact) mass is 348 g/mol. The summed E-state index contributed by atoms with van der Waals surface area (Å²) in [5, 5.41) is 0. The fourth-order valence-electron chi connectivity index (χ4n) is 2.15. The van der Waals surface area contributed by atoms with E-state index in [1.54, 1.807) is 6.92 Å². The van der Waals surface area contributed by atoms with Crippen LogP contribution in [0.1, 0.15) is 24.0 Å². The number of rotatable bonds is 6. The Hall–Kier alpha value is -2.18. The zero-order valence-electron chi connectivity index (χ0n) is 12.6. The zero-order valence-corrected chi connectivity index (χ0v) is 12.6. The van der Waals surface area contributed by atoms with Crippen LogP contribution in [-0.4, -0.2) is 19.0 Å². The van der Waals surface area contributed by atoms with Crippen molar-refractivity contribution in [3.63, 3.8) is 0 Å². The molecule has 2 rings (SSSR count). The molecule has 0 aliphatic carbocycles. The molecule has 0 aromatic heterocycles. The molecule has 1 unspecified atom stereocenters. The molecular weight excluding hydrogens is 334 g/mol. The van der Waals surface area contributed by atoms with Crippen LogP contribution >= 0.6 is 0 Å². The molecule has 2 aromatic carbocycles. The lowest BCUT2D eigenvalue weighted by atomic mass is 9.93. The Morgan fingerprint density at radius 3 is 2.17 bits per heavy atom. The van der Waals surface area contributed by atoms with Crippen LogP contribution in [0.25, 0.3) is 0 Å². The maximum Gasteiger partial charge on any atom is 0.432 e. The van der Waals surface area contributed by atoms with E-state index < -0.39 is 42.3 Å². The molecule has 0 fully saturated rings. The highest BCUT2D eigenvalue weighted by Crippen LogP contribution is 2.32. The van der Waals surface area contributed by atoms with Crippen molar-refractivity contribution in [3.8, 4) is 5.75 Å². The topological polar surface area (TPSA) is 9.23 Å². The van der Waals surface area contributed by atoms with Gasteiger partial charge in [0.25, 0.3) is 0 Å². The first-order valence-electron chi connectivity index (χ1n) is 7.05. The van der Waals surface area contributed by atoms with Gasteiger partial charge in [0.15, 0.2) is 0 Å². The van der Waals surface area contributed by atoms with Gasteiger partial charge in [0, 0.05) is 12.0 Å². The molecule has 0 amide bonds. The van der Waals surface area contributed by atoms with Crippen LogP contribution < -0.4 is 4.74 Å². The summed E-state index contributed by atoms with van der Waals surface area (Å²) in [4.78, 5) is 0. The van der Waals surface area contributed by atoms with E-state index in [0.29, 0.717) is 11.6 Å². The molecule has 0 saturated carbocycles. The summed E-state index contributed by atoms with van der Waals surface area (Å²) < 4.78 is 82.4. The van der Waals surface area contributed by atoms with Gasteiger partial charge in [0.2, 0.25) is 6.17 Å². The highest BCUT2D eigenvalue weighted by atomic mass is 19.3. The lowest BCUT2D eigenvalue weighted by molar-refractivity contribution is -0.222. The minimum atomic E-state index is -4.42. The summed E-state index contributed by atoms with van der Waals surface area (Å²) in [6.07, 6.45) is -7.57. The second-order valence-electron chi connectivity index (χ2n) is 5.28. The Morgan fingerprint density at radius 1 is 0.958 bits per heavy atom. The van der Waals surface area contributed by atoms with Gasteiger partial charge < -0.3 is 4.74 Å². The van der Waals surface area contributed by atoms with E-state index in [1.807, 2.05) is 0 Å². The Morgan fingerprint density at radius 2 is 1.58 bits per heavy atom. The van der Waals surface area contributed by atoms with Crippen LogP contribution in [0.5, 0.6) is 5.75 Å². The van der Waals surface area contributed by atoms with E-state index in [2.05, 4.69) is 4.74 Å². The normalized spacial score (nSPS) is 14.3. The van der Waals surface area contributed by atoms with Crippen LogP contribution in [0.15, 0.2) is 42.5 Å². The predicted octanol–water partition coefficient (Wildman–Crippen LogP) is 5.40. The molecule has 0 aliphatic heterocycles. The van der Waals surface area contributed by atoms with Crippen molar-refractivity contribution in [2.45, 2.75) is 25.1 Å². The molecule has 0 aliphatic rings. The van der Waals surface area contributed by atoms with Crippen LogP contribution in [0, 0.1) is 11.6 Å². The van der Waals surface area contributed by atoms with Gasteiger partial charge in [-0.2, -0.15) is 8.78 Å². The highest BCUT2D eigenvalue weighted by molar-refractivity contribution is 5.37. The second-order valence-corrected chi connectivity index (χ2v) is 5.28. The van der Waals surface area contributed by atoms with E-state index in [9.17, 15) is 26.3 Å². The number of halogens is 6. The van der Waals surface area contributed by atoms with Gasteiger partial charge in [-0.3, -0.25) is 0 Å². The molecule has 0 heterocycles. The van der Waals surface area contributed by atoms with Crippen LogP contribution in [0.3, 0.4) is 0 Å². The number of alkyl halides is 4. The Labute approximate surface area is 134 Å². The van der Waals surface area contributed by atoms with Crippen molar-refractivity contribution in [3.05, 3.63) is 65.2 Å². The third kappa shape index (κ3) is 4.21. The molecule has 24 heavy (non-hydrogen) atoms. The molecule has 2 atom stereocenters. The number of ether oxygens (including phenoxy) is 1. The summed E-state index contributed by atoms with van der Waals surface area (Å²) in [5.41, 5.74) is 0.884. The number of hydrogen-bond donors (Lipinski definition) is 0. The smallest absolute Gasteiger partial charge is 0.430 e. The van der Waals surface area contributed by atoms with E-state index in [-0.39, 0.29) is 5.56 Å². The van der Waals surface area contributed by atoms with Crippen LogP contribution in [0.4, 0.5) is 26.3 Å². The van der Waals surface area contributed by atoms with Crippen molar-refractivity contribution in [1.29, 1.82) is 0 Å². The fourth-order valence-corrected chi connectivity index (χ4v) is 2.15. The third-order valence-electron chi connectivity index (χ3n) is 3.52. The molecule has 0 radical (unpaired) electrons. The fraction of sp³-hybridized carbons (Fsp3) is 0.294. The average molecular weight is 348 g/mol. The van der Waals surface area contributed by atoms with E-state index in [4.69, 9.17) is 0 Å². The van der Waals surface area contributed by atoms with E-state index >= 15 is 0 Å². The van der Waals surface area contributed by atoms with Crippen molar-refractivity contribution in [1.82, 2.24) is 0 Å². The summed E-state index contributed by atoms with van der Waals surface area (Å²) in [7, 11) is 0. The number of benzene rings is 2. The van der Waals surface area contributed by atoms with Crippen LogP contribution in [-0.2, 0) is 0 Å². The van der Waals surface area contributed by atoms with Gasteiger partial charge in [-0.15, -0.1) is 0 Å². The third-order valence-corrected chi connectivity index (χ3v) is 3.52. The zero-order chi connectivity index (χ0) is 17.9. The second kappa shape index (κ2) is 7.15. The Bertz CT molecular complexity index is 686. The van der Waals surface area contributed by atoms with Gasteiger partial charge in [-0.25, -0.2) is 17.6 Å². The first-order valence-corrected chi connectivity index (χ1v) is 7.05.